The van der Waals surface area contributed by atoms with Gasteiger partial charge in [0, 0.05) is 16.6 Å². The Morgan fingerprint density at radius 2 is 1.58 bits per heavy atom. The Morgan fingerprint density at radius 1 is 0.895 bits per heavy atom. The van der Waals surface area contributed by atoms with Crippen LogP contribution in [0.5, 0.6) is 0 Å². The summed E-state index contributed by atoms with van der Waals surface area (Å²) in [5.74, 6) is 0. The van der Waals surface area contributed by atoms with Crippen molar-refractivity contribution >= 4 is 32.2 Å². The van der Waals surface area contributed by atoms with Crippen LogP contribution in [0, 0.1) is 12.3 Å². The fourth-order valence-corrected chi connectivity index (χ4v) is 5.83. The van der Waals surface area contributed by atoms with Gasteiger partial charge in [0.1, 0.15) is 0 Å². The number of pyridine rings is 1. The fraction of sp³-hybridized carbons (Fsp3) is 0.303. The molecular formula is C33H32F3NS. The second kappa shape index (κ2) is 9.23. The van der Waals surface area contributed by atoms with Crippen LogP contribution in [-0.2, 0) is 11.8 Å². The summed E-state index contributed by atoms with van der Waals surface area (Å²) in [5, 5.41) is 0.969. The lowest BCUT2D eigenvalue weighted by molar-refractivity contribution is -0.211. The molecule has 0 aliphatic rings. The third kappa shape index (κ3) is 4.73. The normalized spacial score (nSPS) is 15.6. The Kier molecular flexibility index (Phi) is 4.61. The Morgan fingerprint density at radius 3 is 2.24 bits per heavy atom. The van der Waals surface area contributed by atoms with Gasteiger partial charge in [-0.3, -0.25) is 4.98 Å². The lowest BCUT2D eigenvalue weighted by Crippen LogP contribution is -2.34. The zero-order valence-electron chi connectivity index (χ0n) is 29.1. The topological polar surface area (TPSA) is 12.9 Å². The first-order valence-corrected chi connectivity index (χ1v) is 13.1. The first-order valence-electron chi connectivity index (χ1n) is 15.8. The maximum atomic E-state index is 13.5. The predicted molar refractivity (Wildman–Crippen MR) is 155 cm³/mol. The molecule has 5 aromatic rings. The molecule has 0 radical (unpaired) electrons. The highest BCUT2D eigenvalue weighted by atomic mass is 32.1. The van der Waals surface area contributed by atoms with Gasteiger partial charge in [-0.1, -0.05) is 83.1 Å². The second-order valence-electron chi connectivity index (χ2n) is 11.3. The Bertz CT molecular complexity index is 2010. The number of hydrogen-bond donors (Lipinski definition) is 0. The maximum absolute atomic E-state index is 13.5. The molecule has 0 spiro atoms. The molecule has 0 unspecified atom stereocenters. The number of hydrogen-bond acceptors (Lipinski definition) is 2. The summed E-state index contributed by atoms with van der Waals surface area (Å²) >= 11 is 1.30. The van der Waals surface area contributed by atoms with Crippen molar-refractivity contribution in [1.82, 2.24) is 4.98 Å². The minimum Gasteiger partial charge on any atom is -0.255 e. The van der Waals surface area contributed by atoms with E-state index in [-0.39, 0.29) is 64.8 Å². The molecule has 2 heterocycles. The van der Waals surface area contributed by atoms with E-state index >= 15 is 0 Å². The van der Waals surface area contributed by atoms with Crippen molar-refractivity contribution in [2.75, 3.05) is 0 Å². The monoisotopic (exact) mass is 538 g/mol. The third-order valence-corrected chi connectivity index (χ3v) is 8.21. The van der Waals surface area contributed by atoms with Crippen LogP contribution in [0.2, 0.25) is 0 Å². The highest BCUT2D eigenvalue weighted by molar-refractivity contribution is 7.23. The molecule has 0 saturated carbocycles. The smallest absolute Gasteiger partial charge is 0.255 e. The number of alkyl halides is 3. The number of halogens is 3. The number of fused-ring (bicyclic) bond motifs is 2. The molecule has 2 aromatic heterocycles. The number of benzene rings is 3. The average Bonchev–Trinajstić information content (AvgIpc) is 3.28. The van der Waals surface area contributed by atoms with Crippen LogP contribution in [0.15, 0.2) is 72.8 Å². The van der Waals surface area contributed by atoms with E-state index in [9.17, 15) is 14.5 Å². The van der Waals surface area contributed by atoms with Gasteiger partial charge in [0.25, 0.3) is 0 Å². The summed E-state index contributed by atoms with van der Waals surface area (Å²) in [6.45, 7) is 9.75. The molecule has 5 heteroatoms. The number of nitrogens with zero attached hydrogens (tertiary/aromatic N) is 1. The second-order valence-corrected chi connectivity index (χ2v) is 12.3. The summed E-state index contributed by atoms with van der Waals surface area (Å²) in [7, 11) is 0. The molecule has 0 fully saturated rings. The number of aromatic nitrogens is 1. The van der Waals surface area contributed by atoms with Gasteiger partial charge < -0.3 is 0 Å². The Hall–Kier alpha value is -3.18. The molecule has 0 aliphatic carbocycles. The largest absolute Gasteiger partial charge is 0.394 e. The van der Waals surface area contributed by atoms with Gasteiger partial charge >= 0.3 is 6.18 Å². The van der Waals surface area contributed by atoms with E-state index in [1.165, 1.54) is 31.3 Å². The molecule has 0 N–H and O–H groups in total. The first-order chi connectivity index (χ1) is 20.7. The minimum absolute atomic E-state index is 0.0233. The summed E-state index contributed by atoms with van der Waals surface area (Å²) in [6, 6.07) is 7.03. The van der Waals surface area contributed by atoms with Crippen molar-refractivity contribution in [3.05, 3.63) is 89.4 Å². The van der Waals surface area contributed by atoms with Crippen molar-refractivity contribution < 1.29 is 22.8 Å². The molecule has 196 valence electrons. The zero-order valence-corrected chi connectivity index (χ0v) is 22.9. The van der Waals surface area contributed by atoms with E-state index in [0.717, 1.165) is 10.4 Å². The Labute approximate surface area is 236 Å². The van der Waals surface area contributed by atoms with E-state index in [4.69, 9.17) is 8.22 Å². The number of aryl methyl sites for hydroxylation is 1. The van der Waals surface area contributed by atoms with Crippen molar-refractivity contribution in [1.29, 1.82) is 0 Å². The molecule has 5 rings (SSSR count). The molecule has 0 bridgehead atoms. The number of thiophene rings is 1. The summed E-state index contributed by atoms with van der Waals surface area (Å²) in [4.78, 5) is 5.20. The standard InChI is InChI=1S/C33H32F3NS/c1-20-25-15-16-37-28(24-17-23-9-7-8-10-26(23)27(18-24)31(2,3)4)30(25)38-29(20)22-13-11-21(12-14-22)19-32(5,6)33(34,35)36/h7-18H,19H2,1-6H3/i7D,8D,9D,10D,15D,16D,18D. The van der Waals surface area contributed by atoms with Crippen molar-refractivity contribution in [2.24, 2.45) is 5.41 Å². The van der Waals surface area contributed by atoms with Crippen LogP contribution >= 0.6 is 11.3 Å². The Balaban J connectivity index is 1.77. The highest BCUT2D eigenvalue weighted by Gasteiger charge is 2.46. The van der Waals surface area contributed by atoms with Crippen molar-refractivity contribution in [2.45, 2.75) is 59.6 Å². The summed E-state index contributed by atoms with van der Waals surface area (Å²) < 4.78 is 101. The quantitative estimate of drug-likeness (QED) is 0.222. The molecule has 3 aromatic carbocycles. The van der Waals surface area contributed by atoms with Crippen LogP contribution < -0.4 is 0 Å². The van der Waals surface area contributed by atoms with Gasteiger partial charge in [-0.15, -0.1) is 11.3 Å². The zero-order chi connectivity index (χ0) is 33.5. The van der Waals surface area contributed by atoms with Crippen LogP contribution in [0.1, 0.15) is 60.9 Å². The molecule has 0 amide bonds. The van der Waals surface area contributed by atoms with E-state index in [2.05, 4.69) is 4.98 Å². The van der Waals surface area contributed by atoms with Gasteiger partial charge in [-0.05, 0) is 75.3 Å². The van der Waals surface area contributed by atoms with Crippen LogP contribution in [0.4, 0.5) is 13.2 Å². The van der Waals surface area contributed by atoms with E-state index < -0.39 is 23.0 Å². The lowest BCUT2D eigenvalue weighted by Gasteiger charge is -2.27. The molecule has 38 heavy (non-hydrogen) atoms. The van der Waals surface area contributed by atoms with E-state index in [1.807, 2.05) is 27.7 Å². The fourth-order valence-electron chi connectivity index (χ4n) is 4.56. The van der Waals surface area contributed by atoms with Gasteiger partial charge in [0.15, 0.2) is 0 Å². The van der Waals surface area contributed by atoms with E-state index in [1.54, 1.807) is 24.3 Å². The van der Waals surface area contributed by atoms with Gasteiger partial charge in [0.05, 0.1) is 25.4 Å². The van der Waals surface area contributed by atoms with Gasteiger partial charge in [0.2, 0.25) is 0 Å². The van der Waals surface area contributed by atoms with Crippen molar-refractivity contribution in [3.8, 4) is 21.7 Å². The van der Waals surface area contributed by atoms with Gasteiger partial charge in [-0.2, -0.15) is 13.2 Å². The minimum atomic E-state index is -4.35. The molecule has 0 aliphatic heterocycles. The van der Waals surface area contributed by atoms with Crippen LogP contribution in [-0.4, -0.2) is 11.2 Å². The van der Waals surface area contributed by atoms with Crippen LogP contribution in [0.25, 0.3) is 42.6 Å². The maximum Gasteiger partial charge on any atom is 0.394 e. The highest BCUT2D eigenvalue weighted by Crippen LogP contribution is 2.44. The lowest BCUT2D eigenvalue weighted by atomic mass is 9.82. The summed E-state index contributed by atoms with van der Waals surface area (Å²) in [5.41, 5.74) is 0.345. The summed E-state index contributed by atoms with van der Waals surface area (Å²) in [6.07, 6.45) is -4.84. The molecular weight excluding hydrogens is 499 g/mol. The van der Waals surface area contributed by atoms with Gasteiger partial charge in [-0.25, -0.2) is 0 Å². The van der Waals surface area contributed by atoms with Crippen LogP contribution in [0.3, 0.4) is 0 Å². The average molecular weight is 539 g/mol. The predicted octanol–water partition coefficient (Wildman–Crippen LogP) is 10.5. The van der Waals surface area contributed by atoms with E-state index in [0.29, 0.717) is 26.8 Å². The third-order valence-electron chi connectivity index (χ3n) is 6.86. The molecule has 0 atom stereocenters. The first kappa shape index (κ1) is 19.0. The molecule has 1 nitrogen and oxygen atoms in total. The number of rotatable bonds is 4. The van der Waals surface area contributed by atoms with Crippen molar-refractivity contribution in [3.63, 3.8) is 0 Å². The SMILES string of the molecule is [2H]c1nc(-c2cc3c([2H])c([2H])c([2H])c([2H])c3c(C(C)(C)C)c2[2H])c2sc(-c3ccc(CC(C)(C)C(F)(F)F)cc3)c(C)c2c1[2H]. The molecule has 0 saturated heterocycles.